The lowest BCUT2D eigenvalue weighted by Crippen LogP contribution is -2.10. The van der Waals surface area contributed by atoms with Crippen LogP contribution in [0.25, 0.3) is 33.8 Å². The third kappa shape index (κ3) is 4.67. The van der Waals surface area contributed by atoms with Crippen molar-refractivity contribution in [3.8, 4) is 22.9 Å². The first-order valence-corrected chi connectivity index (χ1v) is 10.3. The lowest BCUT2D eigenvalue weighted by Gasteiger charge is -2.12. The summed E-state index contributed by atoms with van der Waals surface area (Å²) in [5.41, 5.74) is -1.36. The number of benzene rings is 1. The van der Waals surface area contributed by atoms with Crippen LogP contribution in [0, 0.1) is 0 Å². The smallest absolute Gasteiger partial charge is 0.361 e. The van der Waals surface area contributed by atoms with Gasteiger partial charge in [-0.05, 0) is 36.4 Å². The maximum absolute atomic E-state index is 13.2. The number of rotatable bonds is 4. The highest BCUT2D eigenvalue weighted by molar-refractivity contribution is 5.92. The van der Waals surface area contributed by atoms with Crippen molar-refractivity contribution in [3.63, 3.8) is 0 Å². The number of anilines is 2. The number of pyridine rings is 2. The topological polar surface area (TPSA) is 92.3 Å². The highest BCUT2D eigenvalue weighted by Crippen LogP contribution is 2.32. The Balaban J connectivity index is 1.65. The minimum absolute atomic E-state index is 0.0319. The van der Waals surface area contributed by atoms with Gasteiger partial charge in [0.2, 0.25) is 5.95 Å². The third-order valence-corrected chi connectivity index (χ3v) is 5.04. The number of para-hydroxylation sites is 1. The van der Waals surface area contributed by atoms with Crippen molar-refractivity contribution in [2.45, 2.75) is 12.4 Å². The van der Waals surface area contributed by atoms with Gasteiger partial charge in [0, 0.05) is 29.0 Å². The van der Waals surface area contributed by atoms with E-state index in [2.05, 4.69) is 35.2 Å². The predicted octanol–water partition coefficient (Wildman–Crippen LogP) is 6.26. The second kappa shape index (κ2) is 8.59. The van der Waals surface area contributed by atoms with Gasteiger partial charge in [-0.15, -0.1) is 0 Å². The summed E-state index contributed by atoms with van der Waals surface area (Å²) in [5, 5.41) is 3.49. The van der Waals surface area contributed by atoms with Crippen LogP contribution in [-0.2, 0) is 12.4 Å². The standard InChI is InChI=1S/C23H13F6N7/c24-22(25,26)16-6-2-5-15(33-16)20-34-19(14-4-1-3-12-7-9-31-18(12)14)35-21(36-20)32-13-8-10-30-17(11-13)23(27,28)29/h1-11,31H,(H,30,32,34,35,36). The number of H-pyrrole nitrogens is 1. The summed E-state index contributed by atoms with van der Waals surface area (Å²) in [6.07, 6.45) is -6.73. The molecular formula is C23H13F6N7. The van der Waals surface area contributed by atoms with Gasteiger partial charge >= 0.3 is 12.4 Å². The second-order valence-corrected chi connectivity index (χ2v) is 7.51. The number of fused-ring (bicyclic) bond motifs is 1. The van der Waals surface area contributed by atoms with Crippen molar-refractivity contribution in [2.75, 3.05) is 5.32 Å². The Bertz CT molecular complexity index is 1560. The normalized spacial score (nSPS) is 12.2. The monoisotopic (exact) mass is 501 g/mol. The number of nitrogens with zero attached hydrogens (tertiary/aromatic N) is 5. The minimum Gasteiger partial charge on any atom is -0.361 e. The molecule has 2 N–H and O–H groups in total. The highest BCUT2D eigenvalue weighted by Gasteiger charge is 2.33. The molecule has 36 heavy (non-hydrogen) atoms. The zero-order valence-electron chi connectivity index (χ0n) is 17.9. The number of nitrogens with one attached hydrogen (secondary N) is 2. The fourth-order valence-electron chi connectivity index (χ4n) is 3.45. The molecule has 0 aliphatic rings. The molecular weight excluding hydrogens is 488 g/mol. The Kier molecular flexibility index (Phi) is 5.54. The molecule has 13 heteroatoms. The third-order valence-electron chi connectivity index (χ3n) is 5.04. The Morgan fingerprint density at radius 2 is 1.47 bits per heavy atom. The van der Waals surface area contributed by atoms with E-state index in [9.17, 15) is 26.3 Å². The quantitative estimate of drug-likeness (QED) is 0.283. The Labute approximate surface area is 198 Å². The molecule has 1 aromatic carbocycles. The molecule has 0 bridgehead atoms. The van der Waals surface area contributed by atoms with E-state index in [1.165, 1.54) is 12.1 Å². The molecule has 7 nitrogen and oxygen atoms in total. The summed E-state index contributed by atoms with van der Waals surface area (Å²) >= 11 is 0. The number of aromatic amines is 1. The maximum atomic E-state index is 13.2. The van der Waals surface area contributed by atoms with Gasteiger partial charge < -0.3 is 10.3 Å². The molecule has 0 saturated carbocycles. The first kappa shape index (κ1) is 23.2. The fourth-order valence-corrected chi connectivity index (χ4v) is 3.45. The van der Waals surface area contributed by atoms with Gasteiger partial charge in [0.15, 0.2) is 11.6 Å². The molecule has 5 aromatic rings. The molecule has 0 aliphatic carbocycles. The van der Waals surface area contributed by atoms with Crippen LogP contribution in [0.2, 0.25) is 0 Å². The lowest BCUT2D eigenvalue weighted by molar-refractivity contribution is -0.141. The Hall–Kier alpha value is -4.55. The van der Waals surface area contributed by atoms with Crippen LogP contribution >= 0.6 is 0 Å². The van der Waals surface area contributed by atoms with E-state index < -0.39 is 23.7 Å². The maximum Gasteiger partial charge on any atom is 0.433 e. The molecule has 182 valence electrons. The van der Waals surface area contributed by atoms with E-state index >= 15 is 0 Å². The second-order valence-electron chi connectivity index (χ2n) is 7.51. The van der Waals surface area contributed by atoms with E-state index in [-0.39, 0.29) is 29.0 Å². The van der Waals surface area contributed by atoms with E-state index in [0.717, 1.165) is 29.8 Å². The van der Waals surface area contributed by atoms with Crippen molar-refractivity contribution >= 4 is 22.5 Å². The van der Waals surface area contributed by atoms with Gasteiger partial charge in [-0.3, -0.25) is 4.98 Å². The lowest BCUT2D eigenvalue weighted by atomic mass is 10.1. The molecule has 4 heterocycles. The number of halogens is 6. The summed E-state index contributed by atoms with van der Waals surface area (Å²) in [7, 11) is 0. The molecule has 0 atom stereocenters. The molecule has 0 unspecified atom stereocenters. The summed E-state index contributed by atoms with van der Waals surface area (Å²) in [6.45, 7) is 0. The van der Waals surface area contributed by atoms with E-state index in [4.69, 9.17) is 0 Å². The number of hydrogen-bond acceptors (Lipinski definition) is 6. The first-order chi connectivity index (χ1) is 17.1. The van der Waals surface area contributed by atoms with Gasteiger partial charge in [0.05, 0.1) is 5.52 Å². The van der Waals surface area contributed by atoms with Crippen LogP contribution in [-0.4, -0.2) is 29.9 Å². The minimum atomic E-state index is -4.70. The molecule has 0 aliphatic heterocycles. The van der Waals surface area contributed by atoms with Gasteiger partial charge in [-0.25, -0.2) is 9.97 Å². The SMILES string of the molecule is FC(F)(F)c1cc(Nc2nc(-c3cccc(C(F)(F)F)n3)nc(-c3cccc4cc[nH]c34)n2)ccn1. The van der Waals surface area contributed by atoms with Gasteiger partial charge in [-0.2, -0.15) is 36.3 Å². The predicted molar refractivity (Wildman–Crippen MR) is 118 cm³/mol. The van der Waals surface area contributed by atoms with Gasteiger partial charge in [-0.1, -0.05) is 18.2 Å². The van der Waals surface area contributed by atoms with Crippen molar-refractivity contribution in [1.82, 2.24) is 29.9 Å². The van der Waals surface area contributed by atoms with Crippen molar-refractivity contribution in [1.29, 1.82) is 0 Å². The molecule has 0 fully saturated rings. The van der Waals surface area contributed by atoms with E-state index in [1.54, 1.807) is 18.3 Å². The van der Waals surface area contributed by atoms with Crippen LogP contribution in [0.3, 0.4) is 0 Å². The number of hydrogen-bond donors (Lipinski definition) is 2. The number of alkyl halides is 6. The van der Waals surface area contributed by atoms with Gasteiger partial charge in [0.1, 0.15) is 17.1 Å². The number of aromatic nitrogens is 6. The summed E-state index contributed by atoms with van der Waals surface area (Å²) in [6, 6.07) is 12.4. The van der Waals surface area contributed by atoms with Gasteiger partial charge in [0.25, 0.3) is 0 Å². The molecule has 0 amide bonds. The Morgan fingerprint density at radius 1 is 0.722 bits per heavy atom. The molecule has 0 spiro atoms. The summed E-state index contributed by atoms with van der Waals surface area (Å²) < 4.78 is 79.0. The zero-order chi connectivity index (χ0) is 25.5. The molecule has 5 rings (SSSR count). The summed E-state index contributed by atoms with van der Waals surface area (Å²) in [5.74, 6) is -0.334. The van der Waals surface area contributed by atoms with Crippen molar-refractivity contribution < 1.29 is 26.3 Å². The van der Waals surface area contributed by atoms with Crippen molar-refractivity contribution in [3.05, 3.63) is 78.4 Å². The summed E-state index contributed by atoms with van der Waals surface area (Å²) in [4.78, 5) is 22.7. The van der Waals surface area contributed by atoms with Crippen LogP contribution in [0.15, 0.2) is 67.0 Å². The molecule has 0 radical (unpaired) electrons. The molecule has 0 saturated heterocycles. The highest BCUT2D eigenvalue weighted by atomic mass is 19.4. The average Bonchev–Trinajstić information content (AvgIpc) is 3.32. The van der Waals surface area contributed by atoms with Crippen LogP contribution in [0.1, 0.15) is 11.4 Å². The van der Waals surface area contributed by atoms with E-state index in [1.807, 2.05) is 12.1 Å². The van der Waals surface area contributed by atoms with Crippen molar-refractivity contribution in [2.24, 2.45) is 0 Å². The Morgan fingerprint density at radius 3 is 2.25 bits per heavy atom. The van der Waals surface area contributed by atoms with Crippen LogP contribution in [0.5, 0.6) is 0 Å². The molecule has 4 aromatic heterocycles. The fraction of sp³-hybridized carbons (Fsp3) is 0.0870. The zero-order valence-corrected chi connectivity index (χ0v) is 17.9. The largest absolute Gasteiger partial charge is 0.433 e. The average molecular weight is 501 g/mol. The van der Waals surface area contributed by atoms with Crippen LogP contribution < -0.4 is 5.32 Å². The van der Waals surface area contributed by atoms with Crippen LogP contribution in [0.4, 0.5) is 38.0 Å². The van der Waals surface area contributed by atoms with E-state index in [0.29, 0.717) is 11.1 Å². The first-order valence-electron chi connectivity index (χ1n) is 10.3.